The summed E-state index contributed by atoms with van der Waals surface area (Å²) in [5.74, 6) is -0.243. The van der Waals surface area contributed by atoms with Crippen molar-refractivity contribution in [2.75, 3.05) is 6.54 Å². The minimum atomic E-state index is -0.513. The van der Waals surface area contributed by atoms with Gasteiger partial charge in [0.15, 0.2) is 5.82 Å². The number of thiazole rings is 1. The van der Waals surface area contributed by atoms with Gasteiger partial charge in [-0.2, -0.15) is 5.26 Å². The van der Waals surface area contributed by atoms with Crippen molar-refractivity contribution in [2.45, 2.75) is 52.1 Å². The van der Waals surface area contributed by atoms with Crippen LogP contribution in [0.5, 0.6) is 0 Å². The number of rotatable bonds is 8. The zero-order valence-corrected chi connectivity index (χ0v) is 26.8. The van der Waals surface area contributed by atoms with Crippen LogP contribution in [0.15, 0.2) is 41.2 Å². The lowest BCUT2D eigenvalue weighted by atomic mass is 9.70. The summed E-state index contributed by atoms with van der Waals surface area (Å²) in [5, 5.41) is 16.4. The number of halogens is 3. The number of nitrogens with zero attached hydrogens (tertiary/aromatic N) is 4. The Morgan fingerprint density at radius 1 is 1.32 bits per heavy atom. The zero-order chi connectivity index (χ0) is 31.3. The largest absolute Gasteiger partial charge is 0.343 e. The van der Waals surface area contributed by atoms with Gasteiger partial charge in [-0.25, -0.2) is 14.4 Å². The highest BCUT2D eigenvalue weighted by molar-refractivity contribution is 7.07. The maximum Gasteiger partial charge on any atom is 0.271 e. The van der Waals surface area contributed by atoms with Gasteiger partial charge in [-0.15, -0.1) is 11.3 Å². The van der Waals surface area contributed by atoms with Gasteiger partial charge in [0, 0.05) is 51.1 Å². The first-order chi connectivity index (χ1) is 21.2. The summed E-state index contributed by atoms with van der Waals surface area (Å²) in [6, 6.07) is 11.0. The van der Waals surface area contributed by atoms with Crippen LogP contribution in [0.4, 0.5) is 4.39 Å². The molecule has 1 amide bonds. The number of pyridine rings is 1. The first kappa shape index (κ1) is 30.5. The molecular formula is C33H31Cl2FN6OS. The van der Waals surface area contributed by atoms with Crippen LogP contribution in [0.25, 0.3) is 32.9 Å². The third-order valence-corrected chi connectivity index (χ3v) is 10.2. The molecule has 11 heteroatoms. The number of nitrogens with two attached hydrogens (primary N) is 1. The third-order valence-electron chi connectivity index (χ3n) is 8.84. The molecule has 5 aromatic rings. The fourth-order valence-electron chi connectivity index (χ4n) is 6.73. The second-order valence-corrected chi connectivity index (χ2v) is 13.1. The molecule has 3 N–H and O–H groups in total. The standard InChI is InChI=1S/C33H31Cl2FN6OS/c1-16-10-20(13-38)31(16)42-26(18(3)41-33(43)25-14-44-15-39-25)12-22-17(2)40-30-23(32(22)42)11-19(6-5-9-37)27(29(30)36)21-7-4-8-24(34)28(21)35/h4,7-8,11-12,14-16,18,20,31H,5-6,10,13,38H2,1-3H3,(H,41,43)/t16-,18+,20+,31+/m0/s1. The summed E-state index contributed by atoms with van der Waals surface area (Å²) < 4.78 is 19.1. The number of benzene rings is 2. The van der Waals surface area contributed by atoms with Crippen LogP contribution in [0, 0.1) is 35.9 Å². The second kappa shape index (κ2) is 12.1. The number of nitrogens with one attached hydrogen (secondary N) is 1. The van der Waals surface area contributed by atoms with E-state index in [-0.39, 0.29) is 40.9 Å². The summed E-state index contributed by atoms with van der Waals surface area (Å²) >= 11 is 14.3. The van der Waals surface area contributed by atoms with Crippen LogP contribution in [0.3, 0.4) is 0 Å². The van der Waals surface area contributed by atoms with Crippen LogP contribution < -0.4 is 11.1 Å². The van der Waals surface area contributed by atoms with Crippen molar-refractivity contribution in [3.63, 3.8) is 0 Å². The zero-order valence-electron chi connectivity index (χ0n) is 24.5. The van der Waals surface area contributed by atoms with Gasteiger partial charge in [0.1, 0.15) is 11.2 Å². The monoisotopic (exact) mass is 648 g/mol. The molecule has 1 fully saturated rings. The van der Waals surface area contributed by atoms with Gasteiger partial charge >= 0.3 is 0 Å². The lowest BCUT2D eigenvalue weighted by Crippen LogP contribution is -2.42. The summed E-state index contributed by atoms with van der Waals surface area (Å²) in [6.07, 6.45) is 1.48. The van der Waals surface area contributed by atoms with Crippen LogP contribution in [-0.2, 0) is 6.42 Å². The van der Waals surface area contributed by atoms with Crippen molar-refractivity contribution in [2.24, 2.45) is 17.6 Å². The molecule has 1 aliphatic rings. The maximum absolute atomic E-state index is 16.9. The van der Waals surface area contributed by atoms with E-state index < -0.39 is 5.82 Å². The highest BCUT2D eigenvalue weighted by atomic mass is 35.5. The van der Waals surface area contributed by atoms with Gasteiger partial charge in [0.25, 0.3) is 5.91 Å². The quantitative estimate of drug-likeness (QED) is 0.176. The molecule has 3 aromatic heterocycles. The molecule has 0 bridgehead atoms. The Bertz CT molecular complexity index is 1950. The van der Waals surface area contributed by atoms with E-state index in [9.17, 15) is 10.1 Å². The molecule has 2 aromatic carbocycles. The fourth-order valence-corrected chi connectivity index (χ4v) is 7.66. The molecule has 0 saturated heterocycles. The van der Waals surface area contributed by atoms with Crippen molar-refractivity contribution in [1.82, 2.24) is 19.9 Å². The minimum Gasteiger partial charge on any atom is -0.343 e. The number of hydrogen-bond acceptors (Lipinski definition) is 6. The molecule has 1 aliphatic carbocycles. The van der Waals surface area contributed by atoms with E-state index in [4.69, 9.17) is 33.9 Å². The Morgan fingerprint density at radius 3 is 2.80 bits per heavy atom. The Hall–Kier alpha value is -3.55. The Labute approximate surface area is 268 Å². The highest BCUT2D eigenvalue weighted by Crippen LogP contribution is 2.49. The molecule has 0 spiro atoms. The normalized spacial score (nSPS) is 18.7. The number of aryl methyl sites for hydroxylation is 2. The average Bonchev–Trinajstić information content (AvgIpc) is 3.67. The molecule has 0 aliphatic heterocycles. The number of amides is 1. The van der Waals surface area contributed by atoms with E-state index in [0.29, 0.717) is 57.4 Å². The van der Waals surface area contributed by atoms with E-state index in [1.807, 2.05) is 19.9 Å². The summed E-state index contributed by atoms with van der Waals surface area (Å²) in [6.45, 7) is 6.52. The molecular weight excluding hydrogens is 618 g/mol. The maximum atomic E-state index is 16.9. The number of nitriles is 1. The molecule has 7 nitrogen and oxygen atoms in total. The molecule has 4 atom stereocenters. The topological polar surface area (TPSA) is 110 Å². The first-order valence-electron chi connectivity index (χ1n) is 14.5. The third kappa shape index (κ3) is 5.04. The van der Waals surface area contributed by atoms with E-state index in [2.05, 4.69) is 33.9 Å². The van der Waals surface area contributed by atoms with Crippen LogP contribution in [0.1, 0.15) is 66.2 Å². The molecule has 226 valence electrons. The van der Waals surface area contributed by atoms with Gasteiger partial charge in [-0.1, -0.05) is 42.3 Å². The summed E-state index contributed by atoms with van der Waals surface area (Å²) in [4.78, 5) is 22.0. The van der Waals surface area contributed by atoms with Crippen molar-refractivity contribution < 1.29 is 9.18 Å². The van der Waals surface area contributed by atoms with Crippen molar-refractivity contribution in [3.05, 3.63) is 79.7 Å². The predicted molar refractivity (Wildman–Crippen MR) is 175 cm³/mol. The SMILES string of the molecule is Cc1nc2c(F)c(-c3cccc(Cl)c3Cl)c(CCC#N)cc2c2c1cc([C@@H](C)NC(=O)c1cscn1)n2[C@H]1[C@@H](CN)C[C@@H]1C. The lowest BCUT2D eigenvalue weighted by Gasteiger charge is -2.45. The number of aromatic nitrogens is 3. The molecule has 3 heterocycles. The molecule has 6 rings (SSSR count). The van der Waals surface area contributed by atoms with Crippen LogP contribution >= 0.6 is 34.5 Å². The van der Waals surface area contributed by atoms with Crippen molar-refractivity contribution >= 4 is 62.3 Å². The van der Waals surface area contributed by atoms with E-state index >= 15 is 4.39 Å². The summed E-state index contributed by atoms with van der Waals surface area (Å²) in [7, 11) is 0. The van der Waals surface area contributed by atoms with E-state index in [1.165, 1.54) is 11.3 Å². The van der Waals surface area contributed by atoms with Crippen molar-refractivity contribution in [1.29, 1.82) is 5.26 Å². The Kier molecular flexibility index (Phi) is 8.38. The van der Waals surface area contributed by atoms with Crippen molar-refractivity contribution in [3.8, 4) is 17.2 Å². The van der Waals surface area contributed by atoms with Gasteiger partial charge < -0.3 is 15.6 Å². The summed E-state index contributed by atoms with van der Waals surface area (Å²) in [5.41, 5.74) is 12.2. The van der Waals surface area contributed by atoms with Crippen LogP contribution in [0.2, 0.25) is 10.0 Å². The van der Waals surface area contributed by atoms with Gasteiger partial charge in [0.2, 0.25) is 0 Å². The number of carbonyl (C=O) groups is 1. The Balaban J connectivity index is 1.65. The smallest absolute Gasteiger partial charge is 0.271 e. The van der Waals surface area contributed by atoms with Crippen LogP contribution in [-0.4, -0.2) is 27.0 Å². The van der Waals surface area contributed by atoms with Gasteiger partial charge in [0.05, 0.1) is 33.2 Å². The number of hydrogen-bond donors (Lipinski definition) is 2. The minimum absolute atomic E-state index is 0.0452. The average molecular weight is 650 g/mol. The van der Waals surface area contributed by atoms with E-state index in [0.717, 1.165) is 23.0 Å². The Morgan fingerprint density at radius 2 is 2.11 bits per heavy atom. The predicted octanol–water partition coefficient (Wildman–Crippen LogP) is 8.17. The number of carbonyl (C=O) groups excluding carboxylic acids is 1. The lowest BCUT2D eigenvalue weighted by molar-refractivity contribution is 0.0915. The molecule has 0 unspecified atom stereocenters. The number of fused-ring (bicyclic) bond motifs is 3. The highest BCUT2D eigenvalue weighted by Gasteiger charge is 2.41. The molecule has 44 heavy (non-hydrogen) atoms. The van der Waals surface area contributed by atoms with E-state index in [1.54, 1.807) is 29.1 Å². The second-order valence-electron chi connectivity index (χ2n) is 11.5. The molecule has 0 radical (unpaired) electrons. The molecule has 1 saturated carbocycles. The first-order valence-corrected chi connectivity index (χ1v) is 16.2. The van der Waals surface area contributed by atoms with Gasteiger partial charge in [-0.05, 0) is 68.8 Å². The van der Waals surface area contributed by atoms with Gasteiger partial charge in [-0.3, -0.25) is 4.79 Å². The fraction of sp³-hybridized carbons (Fsp3) is 0.333.